The van der Waals surface area contributed by atoms with E-state index in [1.165, 1.54) is 0 Å². The maximum atomic E-state index is 12.2. The molecular weight excluding hydrogens is 278 g/mol. The summed E-state index contributed by atoms with van der Waals surface area (Å²) in [6.07, 6.45) is 4.67. The topological polar surface area (TPSA) is 53.5 Å². The predicted molar refractivity (Wildman–Crippen MR) is 87.3 cm³/mol. The minimum atomic E-state index is -0.262. The molecule has 0 unspecified atom stereocenters. The molecule has 1 rings (SSSR count). The maximum Gasteiger partial charge on any atom is 0.224 e. The highest BCUT2D eigenvalue weighted by Gasteiger charge is 2.24. The van der Waals surface area contributed by atoms with E-state index in [1.54, 1.807) is 36.2 Å². The van der Waals surface area contributed by atoms with Gasteiger partial charge in [0.05, 0.1) is 0 Å². The van der Waals surface area contributed by atoms with Crippen LogP contribution in [-0.4, -0.2) is 52.3 Å². The third-order valence-electron chi connectivity index (χ3n) is 3.65. The number of carbonyl (C=O) groups excluding carboxylic acids is 2. The van der Waals surface area contributed by atoms with E-state index < -0.39 is 0 Å². The Morgan fingerprint density at radius 3 is 2.23 bits per heavy atom. The largest absolute Gasteiger partial charge is 0.345 e. The molecule has 0 atom stereocenters. The number of carbonyl (C=O) groups is 2. The summed E-state index contributed by atoms with van der Waals surface area (Å²) in [6.45, 7) is 8.60. The van der Waals surface area contributed by atoms with Gasteiger partial charge in [-0.15, -0.1) is 0 Å². The summed E-state index contributed by atoms with van der Waals surface area (Å²) in [5, 5.41) is 0. The van der Waals surface area contributed by atoms with Gasteiger partial charge in [-0.05, 0) is 44.9 Å². The number of rotatable bonds is 6. The van der Waals surface area contributed by atoms with E-state index in [1.807, 2.05) is 32.9 Å². The van der Waals surface area contributed by atoms with Crippen LogP contribution in [0.1, 0.15) is 39.7 Å². The van der Waals surface area contributed by atoms with Crippen molar-refractivity contribution in [3.63, 3.8) is 0 Å². The molecule has 0 saturated carbocycles. The fourth-order valence-corrected chi connectivity index (χ4v) is 2.33. The lowest BCUT2D eigenvalue weighted by atomic mass is 10.1. The van der Waals surface area contributed by atoms with E-state index in [2.05, 4.69) is 4.98 Å². The van der Waals surface area contributed by atoms with Crippen molar-refractivity contribution in [2.45, 2.75) is 46.1 Å². The van der Waals surface area contributed by atoms with Crippen LogP contribution >= 0.6 is 0 Å². The third kappa shape index (κ3) is 5.84. The Labute approximate surface area is 133 Å². The molecule has 2 amide bonds. The standard InChI is InChI=1S/C17H27N3O2/c1-14(21)20(17(2,3)4)13-9-16(22)19(5)12-8-15-6-10-18-11-7-15/h6-7,10-11H,8-9,12-13H2,1-5H3. The zero-order valence-corrected chi connectivity index (χ0v) is 14.3. The minimum absolute atomic E-state index is 0.000242. The summed E-state index contributed by atoms with van der Waals surface area (Å²) in [6, 6.07) is 3.91. The average Bonchev–Trinajstić information content (AvgIpc) is 2.44. The summed E-state index contributed by atoms with van der Waals surface area (Å²) < 4.78 is 0. The van der Waals surface area contributed by atoms with Crippen LogP contribution in [0.25, 0.3) is 0 Å². The second-order valence-corrected chi connectivity index (χ2v) is 6.51. The molecule has 0 saturated heterocycles. The van der Waals surface area contributed by atoms with Gasteiger partial charge in [-0.2, -0.15) is 0 Å². The highest BCUT2D eigenvalue weighted by molar-refractivity contribution is 5.78. The van der Waals surface area contributed by atoms with Gasteiger partial charge in [0.1, 0.15) is 0 Å². The number of pyridine rings is 1. The van der Waals surface area contributed by atoms with Crippen molar-refractivity contribution in [3.05, 3.63) is 30.1 Å². The van der Waals surface area contributed by atoms with Gasteiger partial charge in [-0.25, -0.2) is 0 Å². The molecule has 1 aromatic rings. The van der Waals surface area contributed by atoms with E-state index in [-0.39, 0.29) is 17.4 Å². The van der Waals surface area contributed by atoms with Crippen LogP contribution < -0.4 is 0 Å². The van der Waals surface area contributed by atoms with Crippen LogP contribution in [0.3, 0.4) is 0 Å². The number of hydrogen-bond donors (Lipinski definition) is 0. The van der Waals surface area contributed by atoms with Gasteiger partial charge in [-0.3, -0.25) is 14.6 Å². The van der Waals surface area contributed by atoms with Crippen molar-refractivity contribution in [1.29, 1.82) is 0 Å². The molecular formula is C17H27N3O2. The van der Waals surface area contributed by atoms with E-state index in [0.29, 0.717) is 19.5 Å². The molecule has 0 spiro atoms. The molecule has 5 heteroatoms. The fourth-order valence-electron chi connectivity index (χ4n) is 2.33. The number of aromatic nitrogens is 1. The van der Waals surface area contributed by atoms with Crippen molar-refractivity contribution >= 4 is 11.8 Å². The Balaban J connectivity index is 2.45. The second kappa shape index (κ2) is 7.92. The summed E-state index contributed by atoms with van der Waals surface area (Å²) in [4.78, 5) is 31.3. The number of amides is 2. The molecule has 0 bridgehead atoms. The Hall–Kier alpha value is -1.91. The smallest absolute Gasteiger partial charge is 0.224 e. The summed E-state index contributed by atoms with van der Waals surface area (Å²) in [5.74, 6) is 0.0595. The van der Waals surface area contributed by atoms with E-state index in [0.717, 1.165) is 12.0 Å². The Kier molecular flexibility index (Phi) is 6.53. The van der Waals surface area contributed by atoms with Crippen LogP contribution in [0.4, 0.5) is 0 Å². The Morgan fingerprint density at radius 1 is 1.14 bits per heavy atom. The van der Waals surface area contributed by atoms with Crippen molar-refractivity contribution in [1.82, 2.24) is 14.8 Å². The van der Waals surface area contributed by atoms with Crippen molar-refractivity contribution < 1.29 is 9.59 Å². The Morgan fingerprint density at radius 2 is 1.73 bits per heavy atom. The molecule has 122 valence electrons. The second-order valence-electron chi connectivity index (χ2n) is 6.51. The molecule has 0 radical (unpaired) electrons. The average molecular weight is 305 g/mol. The highest BCUT2D eigenvalue weighted by Crippen LogP contribution is 2.14. The van der Waals surface area contributed by atoms with Crippen LogP contribution in [0.2, 0.25) is 0 Å². The van der Waals surface area contributed by atoms with Crippen molar-refractivity contribution in [3.8, 4) is 0 Å². The summed E-state index contributed by atoms with van der Waals surface area (Å²) >= 11 is 0. The monoisotopic (exact) mass is 305 g/mol. The molecule has 0 aliphatic carbocycles. The Bertz CT molecular complexity index is 494. The SMILES string of the molecule is CC(=O)N(CCC(=O)N(C)CCc1ccncc1)C(C)(C)C. The van der Waals surface area contributed by atoms with Crippen LogP contribution in [-0.2, 0) is 16.0 Å². The van der Waals surface area contributed by atoms with Crippen molar-refractivity contribution in [2.24, 2.45) is 0 Å². The lowest BCUT2D eigenvalue weighted by Gasteiger charge is -2.35. The first-order valence-corrected chi connectivity index (χ1v) is 7.63. The summed E-state index contributed by atoms with van der Waals surface area (Å²) in [7, 11) is 1.80. The zero-order chi connectivity index (χ0) is 16.8. The molecule has 0 N–H and O–H groups in total. The lowest BCUT2D eigenvalue weighted by molar-refractivity contribution is -0.135. The first-order valence-electron chi connectivity index (χ1n) is 7.63. The highest BCUT2D eigenvalue weighted by atomic mass is 16.2. The van der Waals surface area contributed by atoms with Crippen LogP contribution in [0.15, 0.2) is 24.5 Å². The maximum absolute atomic E-state index is 12.2. The fraction of sp³-hybridized carbons (Fsp3) is 0.588. The normalized spacial score (nSPS) is 11.1. The molecule has 0 aliphatic rings. The van der Waals surface area contributed by atoms with Gasteiger partial charge >= 0.3 is 0 Å². The number of nitrogens with zero attached hydrogens (tertiary/aromatic N) is 3. The predicted octanol–water partition coefficient (Wildman–Crippen LogP) is 2.12. The van der Waals surface area contributed by atoms with E-state index >= 15 is 0 Å². The van der Waals surface area contributed by atoms with E-state index in [4.69, 9.17) is 0 Å². The lowest BCUT2D eigenvalue weighted by Crippen LogP contribution is -2.46. The quantitative estimate of drug-likeness (QED) is 0.809. The van der Waals surface area contributed by atoms with Crippen LogP contribution in [0.5, 0.6) is 0 Å². The summed E-state index contributed by atoms with van der Waals surface area (Å²) in [5.41, 5.74) is 0.900. The van der Waals surface area contributed by atoms with Gasteiger partial charge in [0.2, 0.25) is 11.8 Å². The number of likely N-dealkylation sites (N-methyl/N-ethyl adjacent to an activating group) is 1. The molecule has 0 aliphatic heterocycles. The van der Waals surface area contributed by atoms with Gasteiger partial charge in [0.15, 0.2) is 0 Å². The van der Waals surface area contributed by atoms with Gasteiger partial charge in [0, 0.05) is 51.4 Å². The molecule has 0 aromatic carbocycles. The molecule has 1 aromatic heterocycles. The van der Waals surface area contributed by atoms with Crippen molar-refractivity contribution in [2.75, 3.05) is 20.1 Å². The molecule has 22 heavy (non-hydrogen) atoms. The molecule has 5 nitrogen and oxygen atoms in total. The third-order valence-corrected chi connectivity index (χ3v) is 3.65. The number of hydrogen-bond acceptors (Lipinski definition) is 3. The molecule has 1 heterocycles. The first kappa shape index (κ1) is 18.1. The van der Waals surface area contributed by atoms with Crippen LogP contribution in [0, 0.1) is 0 Å². The van der Waals surface area contributed by atoms with Gasteiger partial charge in [0.25, 0.3) is 0 Å². The van der Waals surface area contributed by atoms with Gasteiger partial charge < -0.3 is 9.80 Å². The minimum Gasteiger partial charge on any atom is -0.345 e. The zero-order valence-electron chi connectivity index (χ0n) is 14.3. The van der Waals surface area contributed by atoms with E-state index in [9.17, 15) is 9.59 Å². The molecule has 0 fully saturated rings. The first-order chi connectivity index (χ1) is 10.2. The van der Waals surface area contributed by atoms with Gasteiger partial charge in [-0.1, -0.05) is 0 Å².